The second-order valence-electron chi connectivity index (χ2n) is 9.45. The maximum Gasteiger partial charge on any atom is 0.418 e. The van der Waals surface area contributed by atoms with Crippen molar-refractivity contribution in [3.63, 3.8) is 0 Å². The highest BCUT2D eigenvalue weighted by molar-refractivity contribution is 7.98. The fourth-order valence-electron chi connectivity index (χ4n) is 6.00. The molecule has 1 aromatic carbocycles. The van der Waals surface area contributed by atoms with Crippen LogP contribution in [-0.2, 0) is 6.18 Å². The van der Waals surface area contributed by atoms with Gasteiger partial charge in [-0.15, -0.1) is 0 Å². The smallest absolute Gasteiger partial charge is 0.418 e. The van der Waals surface area contributed by atoms with Crippen molar-refractivity contribution in [2.75, 3.05) is 17.7 Å². The van der Waals surface area contributed by atoms with Crippen molar-refractivity contribution in [2.45, 2.75) is 55.3 Å². The van der Waals surface area contributed by atoms with Crippen molar-refractivity contribution < 1.29 is 32.2 Å². The van der Waals surface area contributed by atoms with Crippen LogP contribution < -0.4 is 9.64 Å². The van der Waals surface area contributed by atoms with Crippen LogP contribution >= 0.6 is 23.4 Å². The molecule has 2 aromatic heterocycles. The van der Waals surface area contributed by atoms with Crippen molar-refractivity contribution in [1.82, 2.24) is 19.9 Å². The number of thioether (sulfide) groups is 1. The van der Waals surface area contributed by atoms with Gasteiger partial charge in [-0.1, -0.05) is 35.5 Å². The molecule has 0 spiro atoms. The second kappa shape index (κ2) is 8.73. The number of ether oxygens (including phenoxy) is 1. The third-order valence-electron chi connectivity index (χ3n) is 7.43. The molecule has 0 saturated carbocycles. The van der Waals surface area contributed by atoms with Gasteiger partial charge >= 0.3 is 12.3 Å². The predicted octanol–water partition coefficient (Wildman–Crippen LogP) is 5.71. The van der Waals surface area contributed by atoms with Gasteiger partial charge in [-0.05, 0) is 32.1 Å². The number of alkyl halides is 3. The highest BCUT2D eigenvalue weighted by atomic mass is 35.5. The Kier molecular flexibility index (Phi) is 5.80. The van der Waals surface area contributed by atoms with Crippen molar-refractivity contribution in [3.05, 3.63) is 34.6 Å². The minimum absolute atomic E-state index is 0.119. The number of piperazine rings is 1. The standard InChI is InChI=1S/C24H20ClF4N5O3S/c1-9-19-13-7-6-10(34(13)23(35)36)8-33(19)20-14-18(31-22(32-20)38-2)16(26)17(30-21(14)37-9)11-4-3-5-12(25)15(11)24(27,28)29/h3-5,9-10,13,19H,6-8H2,1-2H3,(H,35,36). The normalized spacial score (nSPS) is 24.3. The molecule has 0 radical (unpaired) electrons. The minimum Gasteiger partial charge on any atom is -0.472 e. The molecule has 0 aliphatic carbocycles. The van der Waals surface area contributed by atoms with E-state index in [1.54, 1.807) is 13.2 Å². The van der Waals surface area contributed by atoms with Crippen LogP contribution in [-0.4, -0.2) is 68.1 Å². The van der Waals surface area contributed by atoms with E-state index < -0.39 is 58.1 Å². The molecular formula is C24H20ClF4N5O3S. The molecule has 38 heavy (non-hydrogen) atoms. The lowest BCUT2D eigenvalue weighted by molar-refractivity contribution is -0.137. The maximum absolute atomic E-state index is 16.1. The molecule has 200 valence electrons. The molecule has 2 saturated heterocycles. The number of halogens is 5. The largest absolute Gasteiger partial charge is 0.472 e. The lowest BCUT2D eigenvalue weighted by Crippen LogP contribution is -2.64. The number of aromatic nitrogens is 3. The molecule has 3 aliphatic rings. The SMILES string of the molecule is CSc1nc2c3c(nc(-c4cccc(Cl)c4C(F)(F)F)c(F)c3n1)OC(C)C1C3CCC(CN21)N3C(=O)O. The zero-order valence-electron chi connectivity index (χ0n) is 20.0. The highest BCUT2D eigenvalue weighted by Gasteiger charge is 2.53. The van der Waals surface area contributed by atoms with Crippen LogP contribution in [0.25, 0.3) is 22.2 Å². The molecule has 1 amide bonds. The van der Waals surface area contributed by atoms with Crippen molar-refractivity contribution in [1.29, 1.82) is 0 Å². The number of rotatable bonds is 2. The molecule has 2 bridgehead atoms. The molecule has 8 nitrogen and oxygen atoms in total. The van der Waals surface area contributed by atoms with Crippen molar-refractivity contribution in [2.24, 2.45) is 0 Å². The molecule has 3 aliphatic heterocycles. The van der Waals surface area contributed by atoms with Gasteiger partial charge < -0.3 is 14.7 Å². The van der Waals surface area contributed by atoms with Crippen LogP contribution in [0.4, 0.5) is 28.2 Å². The summed E-state index contributed by atoms with van der Waals surface area (Å²) in [6.45, 7) is 2.04. The topological polar surface area (TPSA) is 91.7 Å². The molecule has 6 rings (SSSR count). The first kappa shape index (κ1) is 25.2. The lowest BCUT2D eigenvalue weighted by Gasteiger charge is -2.47. The Morgan fingerprint density at radius 2 is 2.00 bits per heavy atom. The summed E-state index contributed by atoms with van der Waals surface area (Å²) >= 11 is 7.06. The van der Waals surface area contributed by atoms with Crippen LogP contribution in [0.3, 0.4) is 0 Å². The maximum atomic E-state index is 16.1. The van der Waals surface area contributed by atoms with Crippen LogP contribution in [0.2, 0.25) is 5.02 Å². The van der Waals surface area contributed by atoms with Crippen LogP contribution in [0, 0.1) is 5.82 Å². The van der Waals surface area contributed by atoms with Gasteiger partial charge in [-0.2, -0.15) is 13.2 Å². The van der Waals surface area contributed by atoms with E-state index in [0.29, 0.717) is 25.2 Å². The van der Waals surface area contributed by atoms with Gasteiger partial charge in [-0.25, -0.2) is 24.1 Å². The Morgan fingerprint density at radius 1 is 1.24 bits per heavy atom. The number of anilines is 1. The van der Waals surface area contributed by atoms with E-state index in [1.807, 2.05) is 4.90 Å². The van der Waals surface area contributed by atoms with Gasteiger partial charge in [0.2, 0.25) is 5.88 Å². The number of amides is 1. The minimum atomic E-state index is -4.87. The van der Waals surface area contributed by atoms with E-state index in [1.165, 1.54) is 11.0 Å². The summed E-state index contributed by atoms with van der Waals surface area (Å²) in [5.41, 5.74) is -2.58. The number of carboxylic acid groups (broad SMARTS) is 1. The third kappa shape index (κ3) is 3.65. The van der Waals surface area contributed by atoms with E-state index >= 15 is 4.39 Å². The fourth-order valence-corrected chi connectivity index (χ4v) is 6.64. The van der Waals surface area contributed by atoms with Crippen LogP contribution in [0.15, 0.2) is 23.4 Å². The summed E-state index contributed by atoms with van der Waals surface area (Å²) in [4.78, 5) is 28.6. The quantitative estimate of drug-likeness (QED) is 0.239. The summed E-state index contributed by atoms with van der Waals surface area (Å²) < 4.78 is 64.3. The number of hydrogen-bond donors (Lipinski definition) is 1. The van der Waals surface area contributed by atoms with Gasteiger partial charge in [0.15, 0.2) is 11.0 Å². The summed E-state index contributed by atoms with van der Waals surface area (Å²) in [6, 6.07) is 2.29. The van der Waals surface area contributed by atoms with Crippen molar-refractivity contribution in [3.8, 4) is 17.1 Å². The van der Waals surface area contributed by atoms with Crippen LogP contribution in [0.1, 0.15) is 25.3 Å². The van der Waals surface area contributed by atoms with Gasteiger partial charge in [0.1, 0.15) is 28.5 Å². The summed E-state index contributed by atoms with van der Waals surface area (Å²) in [5.74, 6) is -0.852. The number of benzene rings is 1. The average molecular weight is 570 g/mol. The lowest BCUT2D eigenvalue weighted by atomic mass is 9.98. The van der Waals surface area contributed by atoms with Crippen LogP contribution in [0.5, 0.6) is 5.88 Å². The highest BCUT2D eigenvalue weighted by Crippen LogP contribution is 2.48. The van der Waals surface area contributed by atoms with Crippen molar-refractivity contribution >= 4 is 46.2 Å². The Bertz CT molecular complexity index is 1490. The second-order valence-corrected chi connectivity index (χ2v) is 10.6. The predicted molar refractivity (Wildman–Crippen MR) is 132 cm³/mol. The van der Waals surface area contributed by atoms with Gasteiger partial charge in [0, 0.05) is 12.1 Å². The first-order valence-corrected chi connectivity index (χ1v) is 13.4. The number of pyridine rings is 1. The molecular weight excluding hydrogens is 550 g/mol. The molecule has 14 heteroatoms. The number of nitrogens with zero attached hydrogens (tertiary/aromatic N) is 5. The monoisotopic (exact) mass is 569 g/mol. The number of carbonyl (C=O) groups is 1. The first-order valence-electron chi connectivity index (χ1n) is 11.8. The fraction of sp³-hybridized carbons (Fsp3) is 0.417. The Labute approximate surface area is 223 Å². The van der Waals surface area contributed by atoms with E-state index in [0.717, 1.165) is 23.9 Å². The molecule has 2 fully saturated rings. The first-order chi connectivity index (χ1) is 18.0. The molecule has 3 aromatic rings. The number of fused-ring (bicyclic) bond motifs is 5. The van der Waals surface area contributed by atoms with Gasteiger partial charge in [0.25, 0.3) is 0 Å². The summed E-state index contributed by atoms with van der Waals surface area (Å²) in [7, 11) is 0. The van der Waals surface area contributed by atoms with E-state index in [2.05, 4.69) is 15.0 Å². The zero-order chi connectivity index (χ0) is 27.1. The van der Waals surface area contributed by atoms with Gasteiger partial charge in [0.05, 0.1) is 28.7 Å². The summed E-state index contributed by atoms with van der Waals surface area (Å²) in [5, 5.41) is 9.61. The Balaban J connectivity index is 1.62. The third-order valence-corrected chi connectivity index (χ3v) is 8.29. The van der Waals surface area contributed by atoms with E-state index in [9.17, 15) is 23.1 Å². The number of hydrogen-bond acceptors (Lipinski definition) is 7. The Hall–Kier alpha value is -3.06. The summed E-state index contributed by atoms with van der Waals surface area (Å²) in [6.07, 6.45) is -3.59. The molecule has 5 heterocycles. The van der Waals surface area contributed by atoms with Gasteiger partial charge in [-0.3, -0.25) is 4.90 Å². The van der Waals surface area contributed by atoms with E-state index in [4.69, 9.17) is 16.3 Å². The zero-order valence-corrected chi connectivity index (χ0v) is 21.5. The molecule has 4 unspecified atom stereocenters. The average Bonchev–Trinajstić information content (AvgIpc) is 3.11. The Morgan fingerprint density at radius 3 is 2.68 bits per heavy atom. The molecule has 1 N–H and O–H groups in total. The van der Waals surface area contributed by atoms with E-state index in [-0.39, 0.29) is 28.0 Å². The molecule has 4 atom stereocenters.